The maximum absolute atomic E-state index is 11.6. The lowest BCUT2D eigenvalue weighted by molar-refractivity contribution is -0.137. The van der Waals surface area contributed by atoms with Crippen LogP contribution in [-0.2, 0) is 9.59 Å². The standard InChI is InChI=1S/C12H15N3O3/c1-15(8-2-3-12(17)18)11(16)5-4-10-9-13-6-7-14-10/h4-7,9H,2-3,8H2,1H3,(H,17,18)/b5-4+. The minimum absolute atomic E-state index is 0.0610. The van der Waals surface area contributed by atoms with Crippen molar-refractivity contribution >= 4 is 18.0 Å². The van der Waals surface area contributed by atoms with Crippen molar-refractivity contribution in [1.29, 1.82) is 0 Å². The Morgan fingerprint density at radius 3 is 2.83 bits per heavy atom. The Hall–Kier alpha value is -2.24. The Morgan fingerprint density at radius 1 is 1.44 bits per heavy atom. The van der Waals surface area contributed by atoms with E-state index in [4.69, 9.17) is 5.11 Å². The molecule has 6 heteroatoms. The van der Waals surface area contributed by atoms with Gasteiger partial charge in [-0.15, -0.1) is 0 Å². The van der Waals surface area contributed by atoms with Gasteiger partial charge in [-0.2, -0.15) is 0 Å². The second-order valence-corrected chi connectivity index (χ2v) is 3.72. The van der Waals surface area contributed by atoms with Gasteiger partial charge in [-0.25, -0.2) is 0 Å². The maximum Gasteiger partial charge on any atom is 0.303 e. The normalized spacial score (nSPS) is 10.5. The van der Waals surface area contributed by atoms with E-state index >= 15 is 0 Å². The van der Waals surface area contributed by atoms with E-state index in [1.54, 1.807) is 31.7 Å². The number of aromatic nitrogens is 2. The molecule has 1 aromatic rings. The fourth-order valence-electron chi connectivity index (χ4n) is 1.26. The summed E-state index contributed by atoms with van der Waals surface area (Å²) < 4.78 is 0. The Balaban J connectivity index is 2.40. The molecule has 96 valence electrons. The molecule has 0 unspecified atom stereocenters. The Bertz CT molecular complexity index is 431. The molecule has 0 radical (unpaired) electrons. The van der Waals surface area contributed by atoms with Crippen molar-refractivity contribution in [3.63, 3.8) is 0 Å². The number of rotatable bonds is 6. The highest BCUT2D eigenvalue weighted by molar-refractivity contribution is 5.91. The van der Waals surface area contributed by atoms with Gasteiger partial charge in [0.05, 0.1) is 11.9 Å². The summed E-state index contributed by atoms with van der Waals surface area (Å²) in [7, 11) is 1.63. The quantitative estimate of drug-likeness (QED) is 0.754. The largest absolute Gasteiger partial charge is 0.481 e. The number of carboxylic acid groups (broad SMARTS) is 1. The minimum Gasteiger partial charge on any atom is -0.481 e. The van der Waals surface area contributed by atoms with Gasteiger partial charge in [0.25, 0.3) is 0 Å². The van der Waals surface area contributed by atoms with Gasteiger partial charge in [0, 0.05) is 38.5 Å². The van der Waals surface area contributed by atoms with Crippen molar-refractivity contribution in [3.05, 3.63) is 30.4 Å². The second-order valence-electron chi connectivity index (χ2n) is 3.72. The van der Waals surface area contributed by atoms with Crippen molar-refractivity contribution in [2.75, 3.05) is 13.6 Å². The molecule has 1 amide bonds. The minimum atomic E-state index is -0.856. The van der Waals surface area contributed by atoms with E-state index in [9.17, 15) is 9.59 Å². The summed E-state index contributed by atoms with van der Waals surface area (Å²) in [5.41, 5.74) is 0.602. The first kappa shape index (κ1) is 13.8. The van der Waals surface area contributed by atoms with Gasteiger partial charge in [0.1, 0.15) is 0 Å². The number of carbonyl (C=O) groups is 2. The second kappa shape index (κ2) is 7.16. The number of amides is 1. The lowest BCUT2D eigenvalue weighted by Gasteiger charge is -2.13. The van der Waals surface area contributed by atoms with Crippen LogP contribution >= 0.6 is 0 Å². The molecule has 6 nitrogen and oxygen atoms in total. The topological polar surface area (TPSA) is 83.4 Å². The lowest BCUT2D eigenvalue weighted by atomic mass is 10.3. The number of hydrogen-bond donors (Lipinski definition) is 1. The average Bonchev–Trinajstić information content (AvgIpc) is 2.36. The van der Waals surface area contributed by atoms with Gasteiger partial charge >= 0.3 is 5.97 Å². The van der Waals surface area contributed by atoms with Crippen molar-refractivity contribution in [1.82, 2.24) is 14.9 Å². The Kier molecular flexibility index (Phi) is 5.50. The van der Waals surface area contributed by atoms with Crippen molar-refractivity contribution in [3.8, 4) is 0 Å². The summed E-state index contributed by atoms with van der Waals surface area (Å²) in [5, 5.41) is 8.48. The molecule has 0 aliphatic heterocycles. The molecule has 1 N–H and O–H groups in total. The average molecular weight is 249 g/mol. The number of carbonyl (C=O) groups excluding carboxylic acids is 1. The first-order chi connectivity index (χ1) is 8.59. The van der Waals surface area contributed by atoms with Gasteiger partial charge in [-0.05, 0) is 12.5 Å². The number of likely N-dealkylation sites (N-methyl/N-ethyl adjacent to an activating group) is 1. The molecule has 0 aliphatic carbocycles. The number of aliphatic carboxylic acids is 1. The van der Waals surface area contributed by atoms with Crippen LogP contribution in [0.15, 0.2) is 24.7 Å². The molecule has 0 fully saturated rings. The molecule has 0 atom stereocenters. The summed E-state index contributed by atoms with van der Waals surface area (Å²) in [6.07, 6.45) is 8.11. The van der Waals surface area contributed by atoms with Crippen LogP contribution in [0.5, 0.6) is 0 Å². The van der Waals surface area contributed by atoms with Gasteiger partial charge in [0.2, 0.25) is 5.91 Å². The third-order valence-electron chi connectivity index (χ3n) is 2.24. The first-order valence-electron chi connectivity index (χ1n) is 5.50. The van der Waals surface area contributed by atoms with Crippen molar-refractivity contribution < 1.29 is 14.7 Å². The highest BCUT2D eigenvalue weighted by Gasteiger charge is 2.05. The summed E-state index contributed by atoms with van der Waals surface area (Å²) in [6.45, 7) is 0.413. The van der Waals surface area contributed by atoms with Gasteiger partial charge < -0.3 is 10.0 Å². The number of carboxylic acids is 1. The molecule has 0 saturated heterocycles. The molecule has 1 aromatic heterocycles. The van der Waals surface area contributed by atoms with Crippen molar-refractivity contribution in [2.45, 2.75) is 12.8 Å². The predicted molar refractivity (Wildman–Crippen MR) is 65.6 cm³/mol. The van der Waals surface area contributed by atoms with Crippen LogP contribution < -0.4 is 0 Å². The van der Waals surface area contributed by atoms with E-state index in [1.165, 1.54) is 11.0 Å². The van der Waals surface area contributed by atoms with E-state index in [0.717, 1.165) is 0 Å². The molecule has 18 heavy (non-hydrogen) atoms. The molecule has 0 bridgehead atoms. The highest BCUT2D eigenvalue weighted by atomic mass is 16.4. The number of nitrogens with zero attached hydrogens (tertiary/aromatic N) is 3. The molecule has 1 rings (SSSR count). The predicted octanol–water partition coefficient (Wildman–Crippen LogP) is 0.813. The summed E-state index contributed by atoms with van der Waals surface area (Å²) in [5.74, 6) is -1.04. The molecular formula is C12H15N3O3. The highest BCUT2D eigenvalue weighted by Crippen LogP contribution is 1.98. The fraction of sp³-hybridized carbons (Fsp3) is 0.333. The molecule has 0 aliphatic rings. The maximum atomic E-state index is 11.6. The first-order valence-corrected chi connectivity index (χ1v) is 5.50. The smallest absolute Gasteiger partial charge is 0.303 e. The van der Waals surface area contributed by atoms with Gasteiger partial charge in [0.15, 0.2) is 0 Å². The Morgan fingerprint density at radius 2 is 2.22 bits per heavy atom. The molecule has 0 aromatic carbocycles. The Labute approximate surface area is 105 Å². The van der Waals surface area contributed by atoms with E-state index < -0.39 is 5.97 Å². The van der Waals surface area contributed by atoms with E-state index in [2.05, 4.69) is 9.97 Å². The van der Waals surface area contributed by atoms with Crippen LogP contribution in [0.3, 0.4) is 0 Å². The van der Waals surface area contributed by atoms with Gasteiger partial charge in [-0.1, -0.05) is 0 Å². The van der Waals surface area contributed by atoms with Crippen LogP contribution in [0, 0.1) is 0 Å². The van der Waals surface area contributed by atoms with E-state index in [0.29, 0.717) is 18.7 Å². The SMILES string of the molecule is CN(CCCC(=O)O)C(=O)/C=C/c1cnccn1. The summed E-state index contributed by atoms with van der Waals surface area (Å²) in [6, 6.07) is 0. The molecule has 1 heterocycles. The zero-order valence-electron chi connectivity index (χ0n) is 10.1. The summed E-state index contributed by atoms with van der Waals surface area (Å²) in [4.78, 5) is 31.3. The third kappa shape index (κ3) is 5.20. The van der Waals surface area contributed by atoms with Crippen LogP contribution in [0.4, 0.5) is 0 Å². The molecule has 0 spiro atoms. The van der Waals surface area contributed by atoms with Gasteiger partial charge in [-0.3, -0.25) is 19.6 Å². The zero-order valence-corrected chi connectivity index (χ0v) is 10.1. The van der Waals surface area contributed by atoms with Crippen LogP contribution in [0.25, 0.3) is 6.08 Å². The van der Waals surface area contributed by atoms with E-state index in [-0.39, 0.29) is 12.3 Å². The van der Waals surface area contributed by atoms with Crippen LogP contribution in [0.1, 0.15) is 18.5 Å². The molecular weight excluding hydrogens is 234 g/mol. The van der Waals surface area contributed by atoms with Crippen molar-refractivity contribution in [2.24, 2.45) is 0 Å². The number of hydrogen-bond acceptors (Lipinski definition) is 4. The van der Waals surface area contributed by atoms with E-state index in [1.807, 2.05) is 0 Å². The van der Waals surface area contributed by atoms with Crippen LogP contribution in [0.2, 0.25) is 0 Å². The lowest BCUT2D eigenvalue weighted by Crippen LogP contribution is -2.26. The van der Waals surface area contributed by atoms with Crippen LogP contribution in [-0.4, -0.2) is 45.4 Å². The summed E-state index contributed by atoms with van der Waals surface area (Å²) >= 11 is 0. The zero-order chi connectivity index (χ0) is 13.4. The fourth-order valence-corrected chi connectivity index (χ4v) is 1.26. The third-order valence-corrected chi connectivity index (χ3v) is 2.24. The molecule has 0 saturated carbocycles. The monoisotopic (exact) mass is 249 g/mol.